The topological polar surface area (TPSA) is 45.8 Å². The second-order valence-corrected chi connectivity index (χ2v) is 5.45. The van der Waals surface area contributed by atoms with Crippen molar-refractivity contribution in [3.05, 3.63) is 52.1 Å². The molecule has 19 heavy (non-hydrogen) atoms. The van der Waals surface area contributed by atoms with Crippen LogP contribution in [0.15, 0.2) is 35.1 Å². The summed E-state index contributed by atoms with van der Waals surface area (Å²) in [6.45, 7) is 8.36. The molecule has 3 nitrogen and oxygen atoms in total. The zero-order valence-corrected chi connectivity index (χ0v) is 11.9. The van der Waals surface area contributed by atoms with Gasteiger partial charge in [-0.3, -0.25) is 4.79 Å². The Hall–Kier alpha value is -1.90. The molecule has 0 amide bonds. The van der Waals surface area contributed by atoms with Gasteiger partial charge < -0.3 is 4.98 Å². The van der Waals surface area contributed by atoms with Crippen LogP contribution in [0.3, 0.4) is 0 Å². The maximum absolute atomic E-state index is 11.7. The van der Waals surface area contributed by atoms with Crippen molar-refractivity contribution in [2.45, 2.75) is 39.5 Å². The van der Waals surface area contributed by atoms with Crippen LogP contribution < -0.4 is 5.56 Å². The smallest absolute Gasteiger partial charge is 0.251 e. The highest BCUT2D eigenvalue weighted by molar-refractivity contribution is 5.59. The first-order valence-electron chi connectivity index (χ1n) is 6.69. The molecule has 3 heteroatoms. The molecule has 1 aromatic heterocycles. The number of aromatic amines is 1. The minimum absolute atomic E-state index is 0.0957. The lowest BCUT2D eigenvalue weighted by atomic mass is 10.0. The van der Waals surface area contributed by atoms with Crippen LogP contribution in [-0.2, 0) is 0 Å². The highest BCUT2D eigenvalue weighted by Gasteiger charge is 2.07. The lowest BCUT2D eigenvalue weighted by Crippen LogP contribution is -2.12. The predicted molar refractivity (Wildman–Crippen MR) is 78.5 cm³/mol. The molecule has 0 aliphatic heterocycles. The summed E-state index contributed by atoms with van der Waals surface area (Å²) in [5, 5.41) is 0. The number of nitrogens with one attached hydrogen (secondary N) is 1. The average Bonchev–Trinajstić information content (AvgIpc) is 2.38. The van der Waals surface area contributed by atoms with Gasteiger partial charge in [0.2, 0.25) is 0 Å². The quantitative estimate of drug-likeness (QED) is 0.910. The van der Waals surface area contributed by atoms with Crippen molar-refractivity contribution in [3.8, 4) is 11.3 Å². The first-order chi connectivity index (χ1) is 8.97. The van der Waals surface area contributed by atoms with E-state index in [4.69, 9.17) is 0 Å². The van der Waals surface area contributed by atoms with Crippen LogP contribution in [0.4, 0.5) is 0 Å². The van der Waals surface area contributed by atoms with Gasteiger partial charge in [-0.15, -0.1) is 0 Å². The number of hydrogen-bond acceptors (Lipinski definition) is 2. The number of nitrogens with zero attached hydrogens (tertiary/aromatic N) is 1. The van der Waals surface area contributed by atoms with Crippen molar-refractivity contribution < 1.29 is 0 Å². The molecule has 0 radical (unpaired) electrons. The minimum Gasteiger partial charge on any atom is -0.310 e. The summed E-state index contributed by atoms with van der Waals surface area (Å²) in [6.07, 6.45) is 0. The van der Waals surface area contributed by atoms with E-state index in [2.05, 4.69) is 35.9 Å². The number of H-pyrrole nitrogens is 1. The number of hydrogen-bond donors (Lipinski definition) is 1. The maximum atomic E-state index is 11.7. The fourth-order valence-corrected chi connectivity index (χ4v) is 1.94. The Bertz CT molecular complexity index is 609. The van der Waals surface area contributed by atoms with E-state index in [0.29, 0.717) is 5.92 Å². The molecule has 0 fully saturated rings. The second kappa shape index (κ2) is 5.39. The Morgan fingerprint density at radius 2 is 1.63 bits per heavy atom. The van der Waals surface area contributed by atoms with Gasteiger partial charge in [-0.1, -0.05) is 52.0 Å². The summed E-state index contributed by atoms with van der Waals surface area (Å²) in [5.74, 6) is 1.45. The second-order valence-electron chi connectivity index (χ2n) is 5.45. The molecule has 0 atom stereocenters. The molecule has 0 spiro atoms. The van der Waals surface area contributed by atoms with E-state index < -0.39 is 0 Å². The van der Waals surface area contributed by atoms with Crippen LogP contribution in [0.1, 0.15) is 50.9 Å². The molecule has 2 rings (SSSR count). The van der Waals surface area contributed by atoms with Crippen molar-refractivity contribution in [3.63, 3.8) is 0 Å². The van der Waals surface area contributed by atoms with Gasteiger partial charge in [-0.05, 0) is 11.5 Å². The first kappa shape index (κ1) is 13.5. The summed E-state index contributed by atoms with van der Waals surface area (Å²) in [4.78, 5) is 19.0. The Kier molecular flexibility index (Phi) is 3.84. The van der Waals surface area contributed by atoms with Gasteiger partial charge in [0.15, 0.2) is 0 Å². The van der Waals surface area contributed by atoms with E-state index in [1.165, 1.54) is 5.56 Å². The SMILES string of the molecule is CC(C)c1ccc(-c2cc(=O)[nH]c(C(C)C)n2)cc1. The van der Waals surface area contributed by atoms with E-state index in [1.54, 1.807) is 6.07 Å². The van der Waals surface area contributed by atoms with Gasteiger partial charge in [0.05, 0.1) is 5.69 Å². The largest absolute Gasteiger partial charge is 0.310 e. The minimum atomic E-state index is -0.0957. The van der Waals surface area contributed by atoms with E-state index in [0.717, 1.165) is 17.1 Å². The lowest BCUT2D eigenvalue weighted by molar-refractivity contribution is 0.768. The van der Waals surface area contributed by atoms with E-state index in [-0.39, 0.29) is 11.5 Å². The Balaban J connectivity index is 2.44. The van der Waals surface area contributed by atoms with Crippen LogP contribution in [0.2, 0.25) is 0 Å². The highest BCUT2D eigenvalue weighted by Crippen LogP contribution is 2.21. The Labute approximate surface area is 113 Å². The summed E-state index contributed by atoms with van der Waals surface area (Å²) >= 11 is 0. The normalized spacial score (nSPS) is 11.3. The molecule has 0 bridgehead atoms. The molecular weight excluding hydrogens is 236 g/mol. The van der Waals surface area contributed by atoms with E-state index in [9.17, 15) is 4.79 Å². The fourth-order valence-electron chi connectivity index (χ4n) is 1.94. The molecule has 0 saturated carbocycles. The third-order valence-electron chi connectivity index (χ3n) is 3.18. The highest BCUT2D eigenvalue weighted by atomic mass is 16.1. The predicted octanol–water partition coefficient (Wildman–Crippen LogP) is 3.68. The molecule has 100 valence electrons. The summed E-state index contributed by atoms with van der Waals surface area (Å²) in [5.41, 5.74) is 2.92. The van der Waals surface area contributed by atoms with Crippen LogP contribution in [0.5, 0.6) is 0 Å². The summed E-state index contributed by atoms with van der Waals surface area (Å²) < 4.78 is 0. The first-order valence-corrected chi connectivity index (χ1v) is 6.69. The van der Waals surface area contributed by atoms with Crippen LogP contribution in [-0.4, -0.2) is 9.97 Å². The van der Waals surface area contributed by atoms with Crippen molar-refractivity contribution >= 4 is 0 Å². The molecule has 0 saturated heterocycles. The summed E-state index contributed by atoms with van der Waals surface area (Å²) in [7, 11) is 0. The van der Waals surface area contributed by atoms with Crippen LogP contribution in [0.25, 0.3) is 11.3 Å². The number of rotatable bonds is 3. The van der Waals surface area contributed by atoms with Crippen LogP contribution >= 0.6 is 0 Å². The molecule has 0 aliphatic rings. The number of benzene rings is 1. The molecule has 1 aromatic carbocycles. The van der Waals surface area contributed by atoms with E-state index in [1.807, 2.05) is 26.0 Å². The van der Waals surface area contributed by atoms with Crippen LogP contribution in [0, 0.1) is 0 Å². The zero-order valence-electron chi connectivity index (χ0n) is 11.9. The molecule has 0 aliphatic carbocycles. The van der Waals surface area contributed by atoms with Crippen molar-refractivity contribution in [1.29, 1.82) is 0 Å². The van der Waals surface area contributed by atoms with Crippen molar-refractivity contribution in [2.75, 3.05) is 0 Å². The zero-order chi connectivity index (χ0) is 14.0. The third kappa shape index (κ3) is 3.11. The summed E-state index contributed by atoms with van der Waals surface area (Å²) in [6, 6.07) is 9.80. The number of aromatic nitrogens is 2. The molecule has 0 unspecified atom stereocenters. The van der Waals surface area contributed by atoms with Gasteiger partial charge in [0.1, 0.15) is 5.82 Å². The standard InChI is InChI=1S/C16H20N2O/c1-10(2)12-5-7-13(8-6-12)14-9-15(19)18-16(17-14)11(3)4/h5-11H,1-4H3,(H,17,18,19). The molecular formula is C16H20N2O. The third-order valence-corrected chi connectivity index (χ3v) is 3.18. The van der Waals surface area contributed by atoms with Gasteiger partial charge >= 0.3 is 0 Å². The average molecular weight is 256 g/mol. The Morgan fingerprint density at radius 1 is 1.00 bits per heavy atom. The van der Waals surface area contributed by atoms with Gasteiger partial charge in [-0.25, -0.2) is 4.98 Å². The molecule has 2 aromatic rings. The fraction of sp³-hybridized carbons (Fsp3) is 0.375. The van der Waals surface area contributed by atoms with Gasteiger partial charge in [-0.2, -0.15) is 0 Å². The van der Waals surface area contributed by atoms with Crippen molar-refractivity contribution in [1.82, 2.24) is 9.97 Å². The van der Waals surface area contributed by atoms with E-state index >= 15 is 0 Å². The maximum Gasteiger partial charge on any atom is 0.251 e. The molecule has 1 heterocycles. The Morgan fingerprint density at radius 3 is 2.16 bits per heavy atom. The van der Waals surface area contributed by atoms with Gasteiger partial charge in [0.25, 0.3) is 5.56 Å². The monoisotopic (exact) mass is 256 g/mol. The van der Waals surface area contributed by atoms with Crippen molar-refractivity contribution in [2.24, 2.45) is 0 Å². The van der Waals surface area contributed by atoms with Gasteiger partial charge in [0, 0.05) is 17.5 Å². The molecule has 1 N–H and O–H groups in total. The lowest BCUT2D eigenvalue weighted by Gasteiger charge is -2.09.